The Bertz CT molecular complexity index is 620. The Kier molecular flexibility index (Phi) is 4.60. The first-order valence-corrected chi connectivity index (χ1v) is 8.81. The van der Waals surface area contributed by atoms with Gasteiger partial charge in [-0.15, -0.1) is 0 Å². The van der Waals surface area contributed by atoms with Crippen molar-refractivity contribution in [3.63, 3.8) is 0 Å². The van der Waals surface area contributed by atoms with E-state index in [1.807, 2.05) is 0 Å². The number of sulfonamides is 1. The second-order valence-electron chi connectivity index (χ2n) is 6.05. The lowest BCUT2D eigenvalue weighted by atomic mass is 9.85. The summed E-state index contributed by atoms with van der Waals surface area (Å²) in [4.78, 5) is 0.127. The summed E-state index contributed by atoms with van der Waals surface area (Å²) >= 11 is 0. The van der Waals surface area contributed by atoms with Crippen LogP contribution in [0.5, 0.6) is 0 Å². The maximum atomic E-state index is 12.5. The molecule has 4 N–H and O–H groups in total. The molecule has 118 valence electrons. The fourth-order valence-corrected chi connectivity index (χ4v) is 4.40. The van der Waals surface area contributed by atoms with Gasteiger partial charge in [-0.2, -0.15) is 0 Å². The van der Waals surface area contributed by atoms with Crippen LogP contribution in [0.3, 0.4) is 0 Å². The van der Waals surface area contributed by atoms with E-state index in [9.17, 15) is 13.5 Å². The molecule has 0 aromatic heterocycles. The third-order valence-corrected chi connectivity index (χ3v) is 5.86. The van der Waals surface area contributed by atoms with Crippen LogP contribution in [0.4, 0.5) is 5.69 Å². The summed E-state index contributed by atoms with van der Waals surface area (Å²) in [5, 5.41) is 10.4. The number of nitrogen functional groups attached to an aromatic ring is 1. The van der Waals surface area contributed by atoms with Crippen molar-refractivity contribution >= 4 is 15.7 Å². The Labute approximate surface area is 126 Å². The van der Waals surface area contributed by atoms with Crippen molar-refractivity contribution in [3.8, 4) is 0 Å². The maximum Gasteiger partial charge on any atom is 0.242 e. The second kappa shape index (κ2) is 5.94. The van der Waals surface area contributed by atoms with Crippen LogP contribution in [0.1, 0.15) is 43.2 Å². The van der Waals surface area contributed by atoms with E-state index in [0.717, 1.165) is 24.8 Å². The molecule has 0 saturated heterocycles. The van der Waals surface area contributed by atoms with Gasteiger partial charge in [0.1, 0.15) is 4.90 Å². The van der Waals surface area contributed by atoms with Crippen LogP contribution in [0.25, 0.3) is 0 Å². The largest absolute Gasteiger partial charge is 0.397 e. The van der Waals surface area contributed by atoms with Gasteiger partial charge in [0.2, 0.25) is 10.0 Å². The first kappa shape index (κ1) is 16.3. The molecule has 0 spiro atoms. The third-order valence-electron chi connectivity index (χ3n) is 4.26. The van der Waals surface area contributed by atoms with Crippen LogP contribution < -0.4 is 10.5 Å². The van der Waals surface area contributed by atoms with Crippen LogP contribution in [-0.2, 0) is 10.0 Å². The highest BCUT2D eigenvalue weighted by Gasteiger charge is 2.31. The average molecular weight is 312 g/mol. The standard InChI is InChI=1S/C15H24N2O3S/c1-11-6-7-12(2)14(13(11)16)21(19,20)17-10-15(18)8-4-3-5-9-15/h6-7,17-18H,3-5,8-10,16H2,1-2H3. The highest BCUT2D eigenvalue weighted by atomic mass is 32.2. The van der Waals surface area contributed by atoms with Gasteiger partial charge in [0.05, 0.1) is 11.3 Å². The number of aliphatic hydroxyl groups is 1. The Hall–Kier alpha value is -1.11. The number of anilines is 1. The van der Waals surface area contributed by atoms with Gasteiger partial charge < -0.3 is 10.8 Å². The monoisotopic (exact) mass is 312 g/mol. The maximum absolute atomic E-state index is 12.5. The SMILES string of the molecule is Cc1ccc(C)c(S(=O)(=O)NCC2(O)CCCCC2)c1N. The van der Waals surface area contributed by atoms with Crippen molar-refractivity contribution < 1.29 is 13.5 Å². The van der Waals surface area contributed by atoms with Crippen molar-refractivity contribution in [2.75, 3.05) is 12.3 Å². The van der Waals surface area contributed by atoms with Crippen LogP contribution in [0.15, 0.2) is 17.0 Å². The van der Waals surface area contributed by atoms with Gasteiger partial charge in [-0.3, -0.25) is 0 Å². The highest BCUT2D eigenvalue weighted by Crippen LogP contribution is 2.29. The predicted molar refractivity (Wildman–Crippen MR) is 83.6 cm³/mol. The fourth-order valence-electron chi connectivity index (χ4n) is 2.85. The van der Waals surface area contributed by atoms with Crippen LogP contribution in [0.2, 0.25) is 0 Å². The number of rotatable bonds is 4. The van der Waals surface area contributed by atoms with E-state index in [0.29, 0.717) is 18.4 Å². The normalized spacial score (nSPS) is 18.6. The molecule has 0 atom stereocenters. The van der Waals surface area contributed by atoms with Crippen LogP contribution in [0, 0.1) is 13.8 Å². The molecule has 1 aliphatic carbocycles. The Balaban J connectivity index is 2.21. The molecule has 0 unspecified atom stereocenters. The Morgan fingerprint density at radius 2 is 1.76 bits per heavy atom. The minimum atomic E-state index is -3.72. The molecule has 1 aromatic carbocycles. The summed E-state index contributed by atoms with van der Waals surface area (Å²) in [5.74, 6) is 0. The van der Waals surface area contributed by atoms with E-state index in [2.05, 4.69) is 4.72 Å². The summed E-state index contributed by atoms with van der Waals surface area (Å²) in [6.45, 7) is 3.55. The zero-order valence-corrected chi connectivity index (χ0v) is 13.5. The minimum Gasteiger partial charge on any atom is -0.397 e. The molecule has 6 heteroatoms. The first-order chi connectivity index (χ1) is 9.75. The topological polar surface area (TPSA) is 92.4 Å². The summed E-state index contributed by atoms with van der Waals surface area (Å²) in [6.07, 6.45) is 4.24. The molecule has 0 amide bonds. The minimum absolute atomic E-state index is 0.0438. The Morgan fingerprint density at radius 3 is 2.38 bits per heavy atom. The second-order valence-corrected chi connectivity index (χ2v) is 7.76. The molecular weight excluding hydrogens is 288 g/mol. The van der Waals surface area contributed by atoms with E-state index >= 15 is 0 Å². The van der Waals surface area contributed by atoms with Crippen molar-refractivity contribution in [2.45, 2.75) is 56.4 Å². The number of nitrogens with one attached hydrogen (secondary N) is 1. The highest BCUT2D eigenvalue weighted by molar-refractivity contribution is 7.89. The molecular formula is C15H24N2O3S. The van der Waals surface area contributed by atoms with Gasteiger partial charge in [0.15, 0.2) is 0 Å². The fraction of sp³-hybridized carbons (Fsp3) is 0.600. The van der Waals surface area contributed by atoms with Crippen LogP contribution in [-0.4, -0.2) is 25.7 Å². The number of hydrogen-bond donors (Lipinski definition) is 3. The number of aryl methyl sites for hydroxylation is 2. The predicted octanol–water partition coefficient (Wildman–Crippen LogP) is 1.86. The number of benzene rings is 1. The smallest absolute Gasteiger partial charge is 0.242 e. The van der Waals surface area contributed by atoms with Crippen molar-refractivity contribution in [2.24, 2.45) is 0 Å². The molecule has 0 radical (unpaired) electrons. The molecule has 5 nitrogen and oxygen atoms in total. The van der Waals surface area contributed by atoms with Gasteiger partial charge in [-0.25, -0.2) is 13.1 Å². The summed E-state index contributed by atoms with van der Waals surface area (Å²) in [7, 11) is -3.72. The zero-order valence-electron chi connectivity index (χ0n) is 12.6. The molecule has 1 fully saturated rings. The van der Waals surface area contributed by atoms with Gasteiger partial charge in [-0.05, 0) is 37.8 Å². The number of nitrogens with two attached hydrogens (primary N) is 1. The van der Waals surface area contributed by atoms with Gasteiger partial charge >= 0.3 is 0 Å². The lowest BCUT2D eigenvalue weighted by Crippen LogP contribution is -2.44. The summed E-state index contributed by atoms with van der Waals surface area (Å²) in [6, 6.07) is 3.55. The Morgan fingerprint density at radius 1 is 1.19 bits per heavy atom. The molecule has 1 aromatic rings. The van der Waals surface area contributed by atoms with Gasteiger partial charge in [0, 0.05) is 6.54 Å². The zero-order chi connectivity index (χ0) is 15.7. The first-order valence-electron chi connectivity index (χ1n) is 7.33. The van der Waals surface area contributed by atoms with E-state index in [1.54, 1.807) is 26.0 Å². The van der Waals surface area contributed by atoms with Crippen LogP contribution >= 0.6 is 0 Å². The molecule has 1 saturated carbocycles. The molecule has 2 rings (SSSR count). The third kappa shape index (κ3) is 3.56. The van der Waals surface area contributed by atoms with E-state index in [4.69, 9.17) is 5.73 Å². The van der Waals surface area contributed by atoms with E-state index in [-0.39, 0.29) is 17.1 Å². The molecule has 0 aliphatic heterocycles. The average Bonchev–Trinajstić information content (AvgIpc) is 2.42. The van der Waals surface area contributed by atoms with E-state index in [1.165, 1.54) is 0 Å². The lowest BCUT2D eigenvalue weighted by Gasteiger charge is -2.32. The molecule has 0 heterocycles. The quantitative estimate of drug-likeness (QED) is 0.740. The molecule has 0 bridgehead atoms. The van der Waals surface area contributed by atoms with Crippen molar-refractivity contribution in [1.29, 1.82) is 0 Å². The number of hydrogen-bond acceptors (Lipinski definition) is 4. The van der Waals surface area contributed by atoms with Crippen molar-refractivity contribution in [1.82, 2.24) is 4.72 Å². The van der Waals surface area contributed by atoms with Crippen molar-refractivity contribution in [3.05, 3.63) is 23.3 Å². The lowest BCUT2D eigenvalue weighted by molar-refractivity contribution is 0.00945. The summed E-state index contributed by atoms with van der Waals surface area (Å²) < 4.78 is 27.6. The summed E-state index contributed by atoms with van der Waals surface area (Å²) in [5.41, 5.74) is 6.62. The molecule has 1 aliphatic rings. The molecule has 21 heavy (non-hydrogen) atoms. The van der Waals surface area contributed by atoms with Gasteiger partial charge in [-0.1, -0.05) is 31.4 Å². The van der Waals surface area contributed by atoms with E-state index < -0.39 is 15.6 Å². The van der Waals surface area contributed by atoms with Gasteiger partial charge in [0.25, 0.3) is 0 Å².